The lowest BCUT2D eigenvalue weighted by atomic mass is 9.95. The number of hydrogen-bond donors (Lipinski definition) is 1. The van der Waals surface area contributed by atoms with Gasteiger partial charge in [0.15, 0.2) is 0 Å². The fraction of sp³-hybridized carbons (Fsp3) is 0.250. The summed E-state index contributed by atoms with van der Waals surface area (Å²) >= 11 is 0. The van der Waals surface area contributed by atoms with Gasteiger partial charge in [0.25, 0.3) is 0 Å². The lowest BCUT2D eigenvalue weighted by Gasteiger charge is -2.17. The minimum atomic E-state index is -0.296. The van der Waals surface area contributed by atoms with E-state index < -0.39 is 0 Å². The lowest BCUT2D eigenvalue weighted by molar-refractivity contribution is 0.593. The van der Waals surface area contributed by atoms with E-state index in [4.69, 9.17) is 5.26 Å². The minimum Gasteiger partial charge on any atom is -0.310 e. The maximum Gasteiger partial charge on any atom is 0.123 e. The molecular formula is C16H16FN3. The highest BCUT2D eigenvalue weighted by molar-refractivity contribution is 5.68. The predicted molar refractivity (Wildman–Crippen MR) is 76.4 cm³/mol. The molecule has 3 nitrogen and oxygen atoms in total. The molecule has 0 fully saturated rings. The Bertz CT molecular complexity index is 646. The maximum atomic E-state index is 13.6. The van der Waals surface area contributed by atoms with Crippen LogP contribution in [0.5, 0.6) is 0 Å². The van der Waals surface area contributed by atoms with Gasteiger partial charge in [0.05, 0.1) is 5.56 Å². The molecule has 102 valence electrons. The summed E-state index contributed by atoms with van der Waals surface area (Å²) < 4.78 is 13.6. The van der Waals surface area contributed by atoms with Crippen LogP contribution >= 0.6 is 0 Å². The van der Waals surface area contributed by atoms with E-state index in [0.29, 0.717) is 5.56 Å². The van der Waals surface area contributed by atoms with Crippen LogP contribution < -0.4 is 5.32 Å². The maximum absolute atomic E-state index is 13.6. The normalized spacial score (nSPS) is 11.9. The quantitative estimate of drug-likeness (QED) is 0.925. The molecular weight excluding hydrogens is 253 g/mol. The molecule has 1 N–H and O–H groups in total. The highest BCUT2D eigenvalue weighted by atomic mass is 19.1. The first-order valence-electron chi connectivity index (χ1n) is 6.54. The number of aromatic nitrogens is 1. The summed E-state index contributed by atoms with van der Waals surface area (Å²) in [6.07, 6.45) is 3.15. The number of halogens is 1. The van der Waals surface area contributed by atoms with Crippen LogP contribution in [0.4, 0.5) is 4.39 Å². The summed E-state index contributed by atoms with van der Waals surface area (Å²) in [7, 11) is 0. The average Bonchev–Trinajstić information content (AvgIpc) is 2.47. The molecule has 0 spiro atoms. The molecule has 1 aromatic carbocycles. The number of nitriles is 1. The third-order valence-corrected chi connectivity index (χ3v) is 3.17. The molecule has 1 heterocycles. The zero-order chi connectivity index (χ0) is 14.5. The van der Waals surface area contributed by atoms with Crippen molar-refractivity contribution in [3.8, 4) is 17.2 Å². The van der Waals surface area contributed by atoms with Crippen LogP contribution in [0.3, 0.4) is 0 Å². The minimum absolute atomic E-state index is 0.0985. The zero-order valence-electron chi connectivity index (χ0n) is 11.5. The molecule has 0 aliphatic rings. The Hall–Kier alpha value is -2.25. The van der Waals surface area contributed by atoms with E-state index in [2.05, 4.69) is 16.4 Å². The molecule has 1 unspecified atom stereocenters. The van der Waals surface area contributed by atoms with E-state index in [1.54, 1.807) is 18.3 Å². The van der Waals surface area contributed by atoms with Crippen molar-refractivity contribution in [1.29, 1.82) is 5.26 Å². The molecule has 20 heavy (non-hydrogen) atoms. The first-order valence-corrected chi connectivity index (χ1v) is 6.54. The van der Waals surface area contributed by atoms with Crippen molar-refractivity contribution in [2.24, 2.45) is 0 Å². The molecule has 0 radical (unpaired) electrons. The standard InChI is InChI=1S/C16H16FN3/c1-3-20-11(2)15-5-4-14(17)7-16(15)13-6-12(8-18)9-19-10-13/h4-7,9-11,20H,3H2,1-2H3. The second-order valence-electron chi connectivity index (χ2n) is 4.59. The van der Waals surface area contributed by atoms with Gasteiger partial charge in [0, 0.05) is 24.0 Å². The van der Waals surface area contributed by atoms with Gasteiger partial charge in [-0.1, -0.05) is 13.0 Å². The van der Waals surface area contributed by atoms with E-state index >= 15 is 0 Å². The number of hydrogen-bond acceptors (Lipinski definition) is 3. The van der Waals surface area contributed by atoms with Crippen molar-refractivity contribution in [1.82, 2.24) is 10.3 Å². The van der Waals surface area contributed by atoms with Crippen LogP contribution in [-0.4, -0.2) is 11.5 Å². The summed E-state index contributed by atoms with van der Waals surface area (Å²) in [4.78, 5) is 4.04. The van der Waals surface area contributed by atoms with Gasteiger partial charge < -0.3 is 5.32 Å². The summed E-state index contributed by atoms with van der Waals surface area (Å²) in [5, 5.41) is 12.3. The first kappa shape index (κ1) is 14.2. The van der Waals surface area contributed by atoms with Gasteiger partial charge in [0.2, 0.25) is 0 Å². The van der Waals surface area contributed by atoms with Crippen LogP contribution in [-0.2, 0) is 0 Å². The molecule has 4 heteroatoms. The van der Waals surface area contributed by atoms with E-state index in [1.165, 1.54) is 18.3 Å². The monoisotopic (exact) mass is 269 g/mol. The SMILES string of the molecule is CCNC(C)c1ccc(F)cc1-c1cncc(C#N)c1. The van der Waals surface area contributed by atoms with Gasteiger partial charge in [-0.2, -0.15) is 5.26 Å². The number of nitrogens with zero attached hydrogens (tertiary/aromatic N) is 2. The molecule has 0 aliphatic heterocycles. The molecule has 2 aromatic rings. The Labute approximate surface area is 118 Å². The highest BCUT2D eigenvalue weighted by Crippen LogP contribution is 2.29. The van der Waals surface area contributed by atoms with Crippen molar-refractivity contribution in [2.75, 3.05) is 6.54 Å². The van der Waals surface area contributed by atoms with Gasteiger partial charge in [-0.05, 0) is 42.8 Å². The van der Waals surface area contributed by atoms with Gasteiger partial charge in [-0.3, -0.25) is 4.98 Å². The van der Waals surface area contributed by atoms with Gasteiger partial charge >= 0.3 is 0 Å². The number of rotatable bonds is 4. The van der Waals surface area contributed by atoms with Crippen LogP contribution in [0.15, 0.2) is 36.7 Å². The fourth-order valence-corrected chi connectivity index (χ4v) is 2.22. The Morgan fingerprint density at radius 2 is 2.15 bits per heavy atom. The molecule has 0 bridgehead atoms. The van der Waals surface area contributed by atoms with E-state index in [0.717, 1.165) is 23.2 Å². The second kappa shape index (κ2) is 6.27. The Balaban J connectivity index is 2.54. The van der Waals surface area contributed by atoms with Crippen LogP contribution in [0.1, 0.15) is 31.0 Å². The van der Waals surface area contributed by atoms with Gasteiger partial charge in [-0.25, -0.2) is 4.39 Å². The van der Waals surface area contributed by atoms with Crippen molar-refractivity contribution < 1.29 is 4.39 Å². The van der Waals surface area contributed by atoms with Crippen molar-refractivity contribution in [3.63, 3.8) is 0 Å². The Kier molecular flexibility index (Phi) is 4.44. The molecule has 1 atom stereocenters. The van der Waals surface area contributed by atoms with Crippen molar-refractivity contribution in [3.05, 3.63) is 53.6 Å². The smallest absolute Gasteiger partial charge is 0.123 e. The Morgan fingerprint density at radius 3 is 2.85 bits per heavy atom. The number of pyridine rings is 1. The second-order valence-corrected chi connectivity index (χ2v) is 4.59. The van der Waals surface area contributed by atoms with Crippen molar-refractivity contribution in [2.45, 2.75) is 19.9 Å². The molecule has 0 amide bonds. The summed E-state index contributed by atoms with van der Waals surface area (Å²) in [6, 6.07) is 8.59. The Morgan fingerprint density at radius 1 is 1.35 bits per heavy atom. The van der Waals surface area contributed by atoms with Crippen LogP contribution in [0, 0.1) is 17.1 Å². The zero-order valence-corrected chi connectivity index (χ0v) is 11.5. The molecule has 2 rings (SSSR count). The molecule has 0 saturated heterocycles. The first-order chi connectivity index (χ1) is 9.65. The summed E-state index contributed by atoms with van der Waals surface area (Å²) in [6.45, 7) is 4.88. The average molecular weight is 269 g/mol. The molecule has 1 aromatic heterocycles. The summed E-state index contributed by atoms with van der Waals surface area (Å²) in [5.41, 5.74) is 2.98. The molecule has 0 saturated carbocycles. The van der Waals surface area contributed by atoms with Crippen LogP contribution in [0.2, 0.25) is 0 Å². The largest absolute Gasteiger partial charge is 0.310 e. The lowest BCUT2D eigenvalue weighted by Crippen LogP contribution is -2.18. The summed E-state index contributed by atoms with van der Waals surface area (Å²) in [5.74, 6) is -0.296. The number of nitrogens with one attached hydrogen (secondary N) is 1. The third-order valence-electron chi connectivity index (χ3n) is 3.17. The fourth-order valence-electron chi connectivity index (χ4n) is 2.22. The van der Waals surface area contributed by atoms with E-state index in [1.807, 2.05) is 13.8 Å². The van der Waals surface area contributed by atoms with Crippen LogP contribution in [0.25, 0.3) is 11.1 Å². The topological polar surface area (TPSA) is 48.7 Å². The van der Waals surface area contributed by atoms with E-state index in [-0.39, 0.29) is 11.9 Å². The molecule has 0 aliphatic carbocycles. The highest BCUT2D eigenvalue weighted by Gasteiger charge is 2.13. The van der Waals surface area contributed by atoms with E-state index in [9.17, 15) is 4.39 Å². The van der Waals surface area contributed by atoms with Gasteiger partial charge in [-0.15, -0.1) is 0 Å². The third kappa shape index (κ3) is 3.01. The number of benzene rings is 1. The van der Waals surface area contributed by atoms with Gasteiger partial charge in [0.1, 0.15) is 11.9 Å². The van der Waals surface area contributed by atoms with Crippen molar-refractivity contribution >= 4 is 0 Å². The predicted octanol–water partition coefficient (Wildman–Crippen LogP) is 3.43.